The third-order valence-corrected chi connectivity index (χ3v) is 4.97. The van der Waals surface area contributed by atoms with Crippen molar-refractivity contribution >= 4 is 17.7 Å². The maximum absolute atomic E-state index is 11.7. The van der Waals surface area contributed by atoms with Gasteiger partial charge in [-0.05, 0) is 52.5 Å². The quantitative estimate of drug-likeness (QED) is 0.761. The van der Waals surface area contributed by atoms with Crippen LogP contribution in [-0.2, 0) is 9.53 Å². The van der Waals surface area contributed by atoms with Crippen molar-refractivity contribution in [1.29, 1.82) is 0 Å². The van der Waals surface area contributed by atoms with Crippen molar-refractivity contribution in [2.24, 2.45) is 5.92 Å². The molecular weight excluding hydrogens is 258 g/mol. The Morgan fingerprint density at radius 1 is 1.37 bits per heavy atom. The lowest BCUT2D eigenvalue weighted by Gasteiger charge is -2.22. The van der Waals surface area contributed by atoms with Crippen LogP contribution in [0.15, 0.2) is 0 Å². The van der Waals surface area contributed by atoms with E-state index in [2.05, 4.69) is 19.2 Å². The second kappa shape index (κ2) is 7.53. The topological polar surface area (TPSA) is 38.3 Å². The minimum atomic E-state index is -0.371. The molecule has 0 aromatic carbocycles. The highest BCUT2D eigenvalue weighted by Gasteiger charge is 2.33. The molecule has 0 amide bonds. The lowest BCUT2D eigenvalue weighted by atomic mass is 10.1. The van der Waals surface area contributed by atoms with Gasteiger partial charge in [-0.15, -0.1) is 11.8 Å². The van der Waals surface area contributed by atoms with Crippen LogP contribution in [0.2, 0.25) is 0 Å². The Bertz CT molecular complexity index is 288. The van der Waals surface area contributed by atoms with Crippen LogP contribution in [0.3, 0.4) is 0 Å². The SMILES string of the molecule is CCCNC1CCC(SCC(=O)OC(C)(C)C)C1C. The van der Waals surface area contributed by atoms with Gasteiger partial charge in [0.25, 0.3) is 0 Å². The Morgan fingerprint density at radius 2 is 2.05 bits per heavy atom. The van der Waals surface area contributed by atoms with Gasteiger partial charge in [-0.25, -0.2) is 0 Å². The van der Waals surface area contributed by atoms with Gasteiger partial charge < -0.3 is 10.1 Å². The Morgan fingerprint density at radius 3 is 2.63 bits per heavy atom. The molecule has 0 saturated heterocycles. The second-order valence-electron chi connectivity index (χ2n) is 6.43. The van der Waals surface area contributed by atoms with E-state index in [1.165, 1.54) is 19.3 Å². The van der Waals surface area contributed by atoms with E-state index in [0.717, 1.165) is 6.54 Å². The number of esters is 1. The van der Waals surface area contributed by atoms with Gasteiger partial charge in [0.2, 0.25) is 0 Å². The van der Waals surface area contributed by atoms with E-state index in [9.17, 15) is 4.79 Å². The van der Waals surface area contributed by atoms with Gasteiger partial charge in [-0.1, -0.05) is 13.8 Å². The molecule has 0 bridgehead atoms. The zero-order chi connectivity index (χ0) is 14.5. The molecule has 1 fully saturated rings. The molecule has 0 aromatic heterocycles. The molecule has 0 aliphatic heterocycles. The fourth-order valence-electron chi connectivity index (χ4n) is 2.53. The number of thioether (sulfide) groups is 1. The zero-order valence-electron chi connectivity index (χ0n) is 13.0. The first-order valence-electron chi connectivity index (χ1n) is 7.40. The highest BCUT2D eigenvalue weighted by molar-refractivity contribution is 8.00. The molecule has 19 heavy (non-hydrogen) atoms. The summed E-state index contributed by atoms with van der Waals surface area (Å²) in [6.07, 6.45) is 3.61. The third kappa shape index (κ3) is 6.17. The van der Waals surface area contributed by atoms with E-state index >= 15 is 0 Å². The van der Waals surface area contributed by atoms with Gasteiger partial charge in [0, 0.05) is 11.3 Å². The van der Waals surface area contributed by atoms with Gasteiger partial charge in [-0.3, -0.25) is 4.79 Å². The smallest absolute Gasteiger partial charge is 0.316 e. The first kappa shape index (κ1) is 16.8. The number of hydrogen-bond donors (Lipinski definition) is 1. The summed E-state index contributed by atoms with van der Waals surface area (Å²) in [6, 6.07) is 0.621. The molecule has 1 aliphatic rings. The molecule has 3 unspecified atom stereocenters. The molecule has 1 rings (SSSR count). The van der Waals surface area contributed by atoms with Crippen molar-refractivity contribution in [3.63, 3.8) is 0 Å². The highest BCUT2D eigenvalue weighted by Crippen LogP contribution is 2.35. The molecule has 4 heteroatoms. The van der Waals surface area contributed by atoms with E-state index in [1.54, 1.807) is 11.8 Å². The van der Waals surface area contributed by atoms with Crippen LogP contribution in [0.4, 0.5) is 0 Å². The normalized spacial score (nSPS) is 27.5. The fourth-order valence-corrected chi connectivity index (χ4v) is 3.73. The van der Waals surface area contributed by atoms with Crippen LogP contribution < -0.4 is 5.32 Å². The second-order valence-corrected chi connectivity index (χ2v) is 7.66. The summed E-state index contributed by atoms with van der Waals surface area (Å²) in [5.41, 5.74) is -0.371. The summed E-state index contributed by atoms with van der Waals surface area (Å²) >= 11 is 1.76. The Kier molecular flexibility index (Phi) is 6.67. The molecule has 0 radical (unpaired) electrons. The molecule has 3 atom stereocenters. The highest BCUT2D eigenvalue weighted by atomic mass is 32.2. The molecule has 1 saturated carbocycles. The van der Waals surface area contributed by atoms with Gasteiger partial charge in [0.1, 0.15) is 5.60 Å². The molecule has 3 nitrogen and oxygen atoms in total. The van der Waals surface area contributed by atoms with Crippen LogP contribution in [0.25, 0.3) is 0 Å². The van der Waals surface area contributed by atoms with E-state index in [4.69, 9.17) is 4.74 Å². The fraction of sp³-hybridized carbons (Fsp3) is 0.933. The van der Waals surface area contributed by atoms with Crippen LogP contribution in [0.1, 0.15) is 53.9 Å². The Hall–Kier alpha value is -0.220. The molecule has 1 aliphatic carbocycles. The first-order chi connectivity index (χ1) is 8.83. The monoisotopic (exact) mass is 287 g/mol. The number of nitrogens with one attached hydrogen (secondary N) is 1. The first-order valence-corrected chi connectivity index (χ1v) is 8.45. The van der Waals surface area contributed by atoms with Crippen LogP contribution in [0, 0.1) is 5.92 Å². The Balaban J connectivity index is 2.29. The summed E-state index contributed by atoms with van der Waals surface area (Å²) < 4.78 is 5.35. The molecule has 112 valence electrons. The maximum atomic E-state index is 11.7. The van der Waals surface area contributed by atoms with Crippen molar-refractivity contribution in [3.8, 4) is 0 Å². The summed E-state index contributed by atoms with van der Waals surface area (Å²) in [5, 5.41) is 4.19. The lowest BCUT2D eigenvalue weighted by molar-refractivity contribution is -0.151. The van der Waals surface area contributed by atoms with Gasteiger partial charge >= 0.3 is 5.97 Å². The van der Waals surface area contributed by atoms with Gasteiger partial charge in [0.05, 0.1) is 5.75 Å². The third-order valence-electron chi connectivity index (χ3n) is 3.48. The largest absolute Gasteiger partial charge is 0.459 e. The van der Waals surface area contributed by atoms with Crippen LogP contribution >= 0.6 is 11.8 Å². The minimum Gasteiger partial charge on any atom is -0.459 e. The van der Waals surface area contributed by atoms with Crippen molar-refractivity contribution < 1.29 is 9.53 Å². The van der Waals surface area contributed by atoms with E-state index < -0.39 is 0 Å². The van der Waals surface area contributed by atoms with Gasteiger partial charge in [0.15, 0.2) is 0 Å². The van der Waals surface area contributed by atoms with Crippen molar-refractivity contribution in [3.05, 3.63) is 0 Å². The van der Waals surface area contributed by atoms with Crippen molar-refractivity contribution in [1.82, 2.24) is 5.32 Å². The average molecular weight is 287 g/mol. The number of carbonyl (C=O) groups is 1. The predicted molar refractivity (Wildman–Crippen MR) is 82.6 cm³/mol. The summed E-state index contributed by atoms with van der Waals surface area (Å²) in [4.78, 5) is 11.7. The average Bonchev–Trinajstić information content (AvgIpc) is 2.63. The molecular formula is C15H29NO2S. The van der Waals surface area contributed by atoms with Crippen LogP contribution in [-0.4, -0.2) is 35.2 Å². The Labute approximate surface area is 122 Å². The maximum Gasteiger partial charge on any atom is 0.316 e. The summed E-state index contributed by atoms with van der Waals surface area (Å²) in [6.45, 7) is 11.3. The van der Waals surface area contributed by atoms with E-state index in [1.807, 2.05) is 20.8 Å². The van der Waals surface area contributed by atoms with Crippen molar-refractivity contribution in [2.75, 3.05) is 12.3 Å². The molecule has 0 spiro atoms. The summed E-state index contributed by atoms with van der Waals surface area (Å²) in [7, 11) is 0. The van der Waals surface area contributed by atoms with E-state index in [-0.39, 0.29) is 11.6 Å². The summed E-state index contributed by atoms with van der Waals surface area (Å²) in [5.74, 6) is 1.03. The van der Waals surface area contributed by atoms with E-state index in [0.29, 0.717) is 23.0 Å². The molecule has 0 aromatic rings. The molecule has 1 N–H and O–H groups in total. The van der Waals surface area contributed by atoms with Crippen LogP contribution in [0.5, 0.6) is 0 Å². The number of hydrogen-bond acceptors (Lipinski definition) is 4. The number of carbonyl (C=O) groups excluding carboxylic acids is 1. The van der Waals surface area contributed by atoms with Gasteiger partial charge in [-0.2, -0.15) is 0 Å². The number of rotatable bonds is 6. The minimum absolute atomic E-state index is 0.0883. The zero-order valence-corrected chi connectivity index (χ0v) is 13.8. The number of ether oxygens (including phenoxy) is 1. The standard InChI is InChI=1S/C15H29NO2S/c1-6-9-16-12-7-8-13(11(12)2)19-10-14(17)18-15(3,4)5/h11-13,16H,6-10H2,1-5H3. The van der Waals surface area contributed by atoms with Crippen molar-refractivity contribution in [2.45, 2.75) is 70.8 Å². The lowest BCUT2D eigenvalue weighted by Crippen LogP contribution is -2.34. The predicted octanol–water partition coefficient (Wildman–Crippen LogP) is 3.23. The molecule has 0 heterocycles.